The number of carbonyl (C=O) groups excluding carboxylic acids is 1. The highest BCUT2D eigenvalue weighted by molar-refractivity contribution is 9.10. The maximum atomic E-state index is 11.7. The molecule has 1 aromatic rings. The van der Waals surface area contributed by atoms with Gasteiger partial charge in [0.05, 0.1) is 17.7 Å². The van der Waals surface area contributed by atoms with Crippen molar-refractivity contribution in [3.05, 3.63) is 22.2 Å². The van der Waals surface area contributed by atoms with E-state index in [1.54, 1.807) is 13.8 Å². The fraction of sp³-hybridized carbons (Fsp3) is 0.533. The Kier molecular flexibility index (Phi) is 7.53. The monoisotopic (exact) mass is 359 g/mol. The van der Waals surface area contributed by atoms with Gasteiger partial charge in [0.15, 0.2) is 17.6 Å². The Morgan fingerprint density at radius 1 is 1.33 bits per heavy atom. The lowest BCUT2D eigenvalue weighted by Crippen LogP contribution is -2.26. The van der Waals surface area contributed by atoms with Crippen molar-refractivity contribution in [3.8, 4) is 11.5 Å². The molecule has 2 N–H and O–H groups in total. The summed E-state index contributed by atoms with van der Waals surface area (Å²) in [7, 11) is 0. The molecule has 1 rings (SSSR count). The second-order valence-corrected chi connectivity index (χ2v) is 5.24. The molecule has 1 aromatic carbocycles. The number of esters is 1. The third kappa shape index (κ3) is 5.21. The van der Waals surface area contributed by atoms with Crippen LogP contribution in [0.5, 0.6) is 11.5 Å². The summed E-state index contributed by atoms with van der Waals surface area (Å²) in [6.45, 7) is 6.67. The Balaban J connectivity index is 3.01. The second kappa shape index (κ2) is 8.89. The molecular formula is C15H22BrNO4. The van der Waals surface area contributed by atoms with Crippen LogP contribution < -0.4 is 15.2 Å². The van der Waals surface area contributed by atoms with Crippen LogP contribution in [-0.2, 0) is 16.0 Å². The molecule has 0 fully saturated rings. The first-order chi connectivity index (χ1) is 10.0. The molecule has 0 aliphatic rings. The highest BCUT2D eigenvalue weighted by atomic mass is 79.9. The van der Waals surface area contributed by atoms with Crippen LogP contribution >= 0.6 is 15.9 Å². The van der Waals surface area contributed by atoms with Crippen LogP contribution in [0.4, 0.5) is 0 Å². The van der Waals surface area contributed by atoms with E-state index in [-0.39, 0.29) is 0 Å². The lowest BCUT2D eigenvalue weighted by molar-refractivity contribution is -0.150. The molecule has 0 saturated heterocycles. The fourth-order valence-corrected chi connectivity index (χ4v) is 2.38. The molecule has 0 amide bonds. The van der Waals surface area contributed by atoms with E-state index in [0.717, 1.165) is 16.5 Å². The summed E-state index contributed by atoms with van der Waals surface area (Å²) in [5.74, 6) is 0.683. The molecule has 118 valence electrons. The number of hydrogen-bond donors (Lipinski definition) is 1. The molecule has 0 bridgehead atoms. The van der Waals surface area contributed by atoms with E-state index in [4.69, 9.17) is 19.9 Å². The lowest BCUT2D eigenvalue weighted by atomic mass is 10.1. The second-order valence-electron chi connectivity index (χ2n) is 4.39. The zero-order valence-corrected chi connectivity index (χ0v) is 14.2. The molecule has 1 atom stereocenters. The maximum absolute atomic E-state index is 11.7. The van der Waals surface area contributed by atoms with Crippen LogP contribution in [0.1, 0.15) is 26.3 Å². The minimum Gasteiger partial charge on any atom is -0.490 e. The number of nitrogens with two attached hydrogens (primary N) is 1. The van der Waals surface area contributed by atoms with Gasteiger partial charge in [-0.25, -0.2) is 4.79 Å². The van der Waals surface area contributed by atoms with Crippen molar-refractivity contribution in [3.63, 3.8) is 0 Å². The van der Waals surface area contributed by atoms with E-state index in [2.05, 4.69) is 15.9 Å². The summed E-state index contributed by atoms with van der Waals surface area (Å²) in [6, 6.07) is 3.80. The van der Waals surface area contributed by atoms with Crippen molar-refractivity contribution in [1.29, 1.82) is 0 Å². The topological polar surface area (TPSA) is 70.8 Å². The summed E-state index contributed by atoms with van der Waals surface area (Å²) in [5, 5.41) is 0. The third-order valence-corrected chi connectivity index (χ3v) is 3.30. The highest BCUT2D eigenvalue weighted by Crippen LogP contribution is 2.37. The average molecular weight is 360 g/mol. The Morgan fingerprint density at radius 2 is 2.05 bits per heavy atom. The Hall–Kier alpha value is -1.27. The van der Waals surface area contributed by atoms with Crippen molar-refractivity contribution >= 4 is 21.9 Å². The molecule has 1 unspecified atom stereocenters. The summed E-state index contributed by atoms with van der Waals surface area (Å²) >= 11 is 3.46. The van der Waals surface area contributed by atoms with Gasteiger partial charge >= 0.3 is 5.97 Å². The van der Waals surface area contributed by atoms with Crippen molar-refractivity contribution in [2.75, 3.05) is 19.8 Å². The highest BCUT2D eigenvalue weighted by Gasteiger charge is 2.20. The largest absolute Gasteiger partial charge is 0.490 e. The summed E-state index contributed by atoms with van der Waals surface area (Å²) in [5.41, 5.74) is 6.62. The molecule has 0 spiro atoms. The minimum absolute atomic E-state index is 0.321. The lowest BCUT2D eigenvalue weighted by Gasteiger charge is -2.18. The van der Waals surface area contributed by atoms with Gasteiger partial charge in [-0.1, -0.05) is 0 Å². The van der Waals surface area contributed by atoms with Gasteiger partial charge in [-0.3, -0.25) is 0 Å². The van der Waals surface area contributed by atoms with Crippen LogP contribution in [0, 0.1) is 0 Å². The van der Waals surface area contributed by atoms with Gasteiger partial charge in [0, 0.05) is 0 Å². The third-order valence-electron chi connectivity index (χ3n) is 2.72. The molecule has 0 aliphatic heterocycles. The van der Waals surface area contributed by atoms with Crippen molar-refractivity contribution in [1.82, 2.24) is 0 Å². The Morgan fingerprint density at radius 3 is 2.62 bits per heavy atom. The van der Waals surface area contributed by atoms with Gasteiger partial charge in [0.2, 0.25) is 0 Å². The van der Waals surface area contributed by atoms with E-state index in [0.29, 0.717) is 31.3 Å². The number of rotatable bonds is 8. The van der Waals surface area contributed by atoms with Crippen LogP contribution in [0.3, 0.4) is 0 Å². The standard InChI is InChI=1S/C15H22BrNO4/c1-4-19-13-9-11(6-7-17)8-12(16)14(13)21-10(3)15(18)20-5-2/h8-10H,4-7,17H2,1-3H3. The van der Waals surface area contributed by atoms with E-state index in [1.807, 2.05) is 19.1 Å². The number of hydrogen-bond acceptors (Lipinski definition) is 5. The van der Waals surface area contributed by atoms with Gasteiger partial charge in [-0.15, -0.1) is 0 Å². The number of carbonyl (C=O) groups is 1. The van der Waals surface area contributed by atoms with Crippen LogP contribution in [0.25, 0.3) is 0 Å². The van der Waals surface area contributed by atoms with E-state index >= 15 is 0 Å². The minimum atomic E-state index is -0.708. The Bertz CT molecular complexity index is 479. The van der Waals surface area contributed by atoms with Gasteiger partial charge in [0.1, 0.15) is 0 Å². The molecular weight excluding hydrogens is 338 g/mol. The molecule has 21 heavy (non-hydrogen) atoms. The number of ether oxygens (including phenoxy) is 3. The smallest absolute Gasteiger partial charge is 0.347 e. The SMILES string of the molecule is CCOC(=O)C(C)Oc1c(Br)cc(CCN)cc1OCC. The maximum Gasteiger partial charge on any atom is 0.347 e. The fourth-order valence-electron chi connectivity index (χ4n) is 1.79. The van der Waals surface area contributed by atoms with E-state index < -0.39 is 12.1 Å². The number of benzene rings is 1. The molecule has 6 heteroatoms. The predicted octanol–water partition coefficient (Wildman–Crippen LogP) is 2.68. The molecule has 0 radical (unpaired) electrons. The molecule has 0 saturated carbocycles. The first-order valence-corrected chi connectivity index (χ1v) is 7.81. The van der Waals surface area contributed by atoms with Crippen molar-refractivity contribution in [2.24, 2.45) is 5.73 Å². The van der Waals surface area contributed by atoms with Crippen LogP contribution in [0.15, 0.2) is 16.6 Å². The Labute approximate surface area is 133 Å². The van der Waals surface area contributed by atoms with Crippen LogP contribution in [0.2, 0.25) is 0 Å². The quantitative estimate of drug-likeness (QED) is 0.722. The normalized spacial score (nSPS) is 11.9. The van der Waals surface area contributed by atoms with Gasteiger partial charge in [0.25, 0.3) is 0 Å². The molecule has 0 heterocycles. The summed E-state index contributed by atoms with van der Waals surface area (Å²) < 4.78 is 17.0. The first kappa shape index (κ1) is 17.8. The van der Waals surface area contributed by atoms with Gasteiger partial charge < -0.3 is 19.9 Å². The average Bonchev–Trinajstić information content (AvgIpc) is 2.43. The van der Waals surface area contributed by atoms with E-state index in [1.165, 1.54) is 0 Å². The van der Waals surface area contributed by atoms with Crippen molar-refractivity contribution in [2.45, 2.75) is 33.3 Å². The zero-order chi connectivity index (χ0) is 15.8. The van der Waals surface area contributed by atoms with Crippen molar-refractivity contribution < 1.29 is 19.0 Å². The first-order valence-electron chi connectivity index (χ1n) is 7.02. The predicted molar refractivity (Wildman–Crippen MR) is 84.8 cm³/mol. The summed E-state index contributed by atoms with van der Waals surface area (Å²) in [6.07, 6.45) is 0.0349. The molecule has 5 nitrogen and oxygen atoms in total. The van der Waals surface area contributed by atoms with Crippen LogP contribution in [-0.4, -0.2) is 31.8 Å². The van der Waals surface area contributed by atoms with E-state index in [9.17, 15) is 4.79 Å². The molecule has 0 aliphatic carbocycles. The van der Waals surface area contributed by atoms with Gasteiger partial charge in [-0.2, -0.15) is 0 Å². The van der Waals surface area contributed by atoms with Gasteiger partial charge in [-0.05, 0) is 67.4 Å². The molecule has 0 aromatic heterocycles. The zero-order valence-electron chi connectivity index (χ0n) is 12.6. The summed E-state index contributed by atoms with van der Waals surface area (Å²) in [4.78, 5) is 11.7. The number of halogens is 1.